The minimum absolute atomic E-state index is 0.0856. The predicted molar refractivity (Wildman–Crippen MR) is 116 cm³/mol. The van der Waals surface area contributed by atoms with Crippen LogP contribution in [-0.2, 0) is 11.3 Å². The Kier molecular flexibility index (Phi) is 5.53. The molecular weight excluding hydrogens is 396 g/mol. The van der Waals surface area contributed by atoms with Crippen molar-refractivity contribution in [2.75, 3.05) is 0 Å². The van der Waals surface area contributed by atoms with E-state index in [9.17, 15) is 19.5 Å². The lowest BCUT2D eigenvalue weighted by Crippen LogP contribution is -2.34. The van der Waals surface area contributed by atoms with E-state index in [4.69, 9.17) is 0 Å². The van der Waals surface area contributed by atoms with Crippen LogP contribution in [-0.4, -0.2) is 31.3 Å². The van der Waals surface area contributed by atoms with Gasteiger partial charge < -0.3 is 5.11 Å². The second-order valence-electron chi connectivity index (χ2n) is 7.30. The van der Waals surface area contributed by atoms with E-state index in [2.05, 4.69) is 10.1 Å². The Morgan fingerprint density at radius 2 is 1.74 bits per heavy atom. The van der Waals surface area contributed by atoms with Gasteiger partial charge in [-0.2, -0.15) is 5.10 Å². The molecule has 3 aromatic rings. The van der Waals surface area contributed by atoms with Crippen LogP contribution in [0.1, 0.15) is 42.5 Å². The number of H-pyrrole nitrogens is 1. The van der Waals surface area contributed by atoms with Crippen molar-refractivity contribution < 1.29 is 9.90 Å². The van der Waals surface area contributed by atoms with Gasteiger partial charge in [-0.05, 0) is 11.1 Å². The third kappa shape index (κ3) is 3.92. The molecule has 0 saturated carbocycles. The first-order valence-electron chi connectivity index (χ1n) is 10.0. The molecule has 1 atom stereocenters. The lowest BCUT2D eigenvalue weighted by molar-refractivity contribution is -0.132. The smallest absolute Gasteiger partial charge is 0.331 e. The fourth-order valence-electron chi connectivity index (χ4n) is 3.72. The average molecular weight is 418 g/mol. The molecule has 1 aliphatic heterocycles. The van der Waals surface area contributed by atoms with Crippen molar-refractivity contribution in [2.45, 2.75) is 32.4 Å². The Morgan fingerprint density at radius 3 is 2.39 bits per heavy atom. The molecule has 0 aliphatic carbocycles. The summed E-state index contributed by atoms with van der Waals surface area (Å²) in [5, 5.41) is 16.6. The number of aromatic hydroxyl groups is 1. The molecule has 2 aromatic carbocycles. The number of aromatic nitrogens is 2. The third-order valence-electron chi connectivity index (χ3n) is 5.30. The highest BCUT2D eigenvalue weighted by atomic mass is 16.3. The fraction of sp³-hybridized carbons (Fsp3) is 0.217. The van der Waals surface area contributed by atoms with Crippen LogP contribution in [0.15, 0.2) is 75.4 Å². The summed E-state index contributed by atoms with van der Waals surface area (Å²) in [7, 11) is 0. The molecule has 0 saturated heterocycles. The maximum atomic E-state index is 12.6. The first kappa shape index (κ1) is 20.3. The average Bonchev–Trinajstić information content (AvgIpc) is 3.22. The largest absolute Gasteiger partial charge is 0.494 e. The monoisotopic (exact) mass is 418 g/mol. The van der Waals surface area contributed by atoms with Crippen LogP contribution in [0.25, 0.3) is 0 Å². The summed E-state index contributed by atoms with van der Waals surface area (Å²) < 4.78 is 1.09. The number of hydrazone groups is 1. The molecular formula is C23H22N4O4. The summed E-state index contributed by atoms with van der Waals surface area (Å²) in [6, 6.07) is 18.1. The lowest BCUT2D eigenvalue weighted by atomic mass is 9.99. The van der Waals surface area contributed by atoms with Crippen LogP contribution >= 0.6 is 0 Å². The molecule has 8 nitrogen and oxygen atoms in total. The van der Waals surface area contributed by atoms with Gasteiger partial charge in [0.25, 0.3) is 5.56 Å². The maximum absolute atomic E-state index is 12.6. The molecule has 1 aliphatic rings. The van der Waals surface area contributed by atoms with Gasteiger partial charge in [-0.3, -0.25) is 19.1 Å². The van der Waals surface area contributed by atoms with Crippen LogP contribution in [0.4, 0.5) is 0 Å². The lowest BCUT2D eigenvalue weighted by Gasteiger charge is -2.21. The van der Waals surface area contributed by atoms with Crippen molar-refractivity contribution in [1.29, 1.82) is 0 Å². The van der Waals surface area contributed by atoms with E-state index in [-0.39, 0.29) is 36.6 Å². The SMILES string of the molecule is CCC(=O)N1N=C(c2c(O)n(Cc3ccccc3)c(=O)[nH]c2=O)C[C@H]1c1ccccc1. The van der Waals surface area contributed by atoms with E-state index >= 15 is 0 Å². The second kappa shape index (κ2) is 8.43. The van der Waals surface area contributed by atoms with E-state index in [1.807, 2.05) is 60.7 Å². The fourth-order valence-corrected chi connectivity index (χ4v) is 3.72. The van der Waals surface area contributed by atoms with Crippen molar-refractivity contribution in [3.8, 4) is 5.88 Å². The third-order valence-corrected chi connectivity index (χ3v) is 5.30. The Labute approximate surface area is 178 Å². The van der Waals surface area contributed by atoms with Crippen LogP contribution in [0.2, 0.25) is 0 Å². The first-order chi connectivity index (χ1) is 15.0. The number of hydrogen-bond donors (Lipinski definition) is 2. The normalized spacial score (nSPS) is 15.7. The standard InChI is InChI=1S/C23H22N4O4/c1-2-19(28)27-18(16-11-7-4-8-12-16)13-17(25-27)20-21(29)24-23(31)26(22(20)30)14-15-9-5-3-6-10-15/h3-12,18,30H,2,13-14H2,1H3,(H,24,29,31)/t18-/m0/s1. The van der Waals surface area contributed by atoms with Crippen LogP contribution in [0.5, 0.6) is 5.88 Å². The quantitative estimate of drug-likeness (QED) is 0.663. The number of nitrogens with one attached hydrogen (secondary N) is 1. The molecule has 0 fully saturated rings. The zero-order valence-electron chi connectivity index (χ0n) is 17.0. The van der Waals surface area contributed by atoms with Gasteiger partial charge in [0.15, 0.2) is 0 Å². The summed E-state index contributed by atoms with van der Waals surface area (Å²) in [6.45, 7) is 1.82. The maximum Gasteiger partial charge on any atom is 0.331 e. The number of nitrogens with zero attached hydrogens (tertiary/aromatic N) is 3. The molecule has 1 aromatic heterocycles. The van der Waals surface area contributed by atoms with Crippen molar-refractivity contribution in [3.63, 3.8) is 0 Å². The van der Waals surface area contributed by atoms with Gasteiger partial charge in [0, 0.05) is 12.8 Å². The number of carbonyl (C=O) groups excluding carboxylic acids is 1. The molecule has 2 N–H and O–H groups in total. The first-order valence-corrected chi connectivity index (χ1v) is 10.0. The Hall–Kier alpha value is -3.94. The summed E-state index contributed by atoms with van der Waals surface area (Å²) >= 11 is 0. The Morgan fingerprint density at radius 1 is 1.10 bits per heavy atom. The van der Waals surface area contributed by atoms with E-state index in [1.54, 1.807) is 6.92 Å². The highest BCUT2D eigenvalue weighted by molar-refractivity contribution is 6.04. The molecule has 31 heavy (non-hydrogen) atoms. The van der Waals surface area contributed by atoms with Crippen LogP contribution in [0.3, 0.4) is 0 Å². The summed E-state index contributed by atoms with van der Waals surface area (Å²) in [6.07, 6.45) is 0.492. The highest BCUT2D eigenvalue weighted by Crippen LogP contribution is 2.33. The van der Waals surface area contributed by atoms with Gasteiger partial charge in [-0.1, -0.05) is 67.6 Å². The number of carbonyl (C=O) groups is 1. The van der Waals surface area contributed by atoms with Gasteiger partial charge in [-0.25, -0.2) is 9.80 Å². The van der Waals surface area contributed by atoms with Crippen molar-refractivity contribution in [1.82, 2.24) is 14.6 Å². The van der Waals surface area contributed by atoms with Crippen molar-refractivity contribution >= 4 is 11.6 Å². The number of hydrogen-bond acceptors (Lipinski definition) is 5. The molecule has 1 amide bonds. The minimum Gasteiger partial charge on any atom is -0.494 e. The van der Waals surface area contributed by atoms with Gasteiger partial charge in [0.1, 0.15) is 5.56 Å². The number of rotatable bonds is 5. The summed E-state index contributed by atoms with van der Waals surface area (Å²) in [5.41, 5.74) is 0.379. The van der Waals surface area contributed by atoms with Gasteiger partial charge >= 0.3 is 5.69 Å². The number of benzene rings is 2. The minimum atomic E-state index is -0.733. The van der Waals surface area contributed by atoms with Crippen LogP contribution < -0.4 is 11.2 Å². The van der Waals surface area contributed by atoms with Gasteiger partial charge in [0.05, 0.1) is 18.3 Å². The van der Waals surface area contributed by atoms with E-state index in [1.165, 1.54) is 5.01 Å². The zero-order chi connectivity index (χ0) is 22.0. The molecule has 2 heterocycles. The van der Waals surface area contributed by atoms with Gasteiger partial charge in [0.2, 0.25) is 11.8 Å². The topological polar surface area (TPSA) is 108 Å². The number of aromatic amines is 1. The second-order valence-corrected chi connectivity index (χ2v) is 7.30. The van der Waals surface area contributed by atoms with Crippen LogP contribution in [0, 0.1) is 0 Å². The van der Waals surface area contributed by atoms with Gasteiger partial charge in [-0.15, -0.1) is 0 Å². The van der Waals surface area contributed by atoms with Crippen molar-refractivity contribution in [3.05, 3.63) is 98.2 Å². The van der Waals surface area contributed by atoms with Crippen molar-refractivity contribution in [2.24, 2.45) is 5.10 Å². The number of amides is 1. The van der Waals surface area contributed by atoms with E-state index < -0.39 is 23.2 Å². The zero-order valence-corrected chi connectivity index (χ0v) is 17.0. The molecule has 0 radical (unpaired) electrons. The summed E-state index contributed by atoms with van der Waals surface area (Å²) in [4.78, 5) is 39.8. The molecule has 8 heteroatoms. The summed E-state index contributed by atoms with van der Waals surface area (Å²) in [5.74, 6) is -0.661. The Bertz CT molecular complexity index is 1250. The van der Waals surface area contributed by atoms with E-state index in [0.29, 0.717) is 0 Å². The molecule has 0 bridgehead atoms. The van der Waals surface area contributed by atoms with E-state index in [0.717, 1.165) is 15.7 Å². The predicted octanol–water partition coefficient (Wildman–Crippen LogP) is 2.38. The Balaban J connectivity index is 1.78. The molecule has 158 valence electrons. The molecule has 4 rings (SSSR count). The molecule has 0 spiro atoms. The molecule has 0 unspecified atom stereocenters. The highest BCUT2D eigenvalue weighted by Gasteiger charge is 2.35.